The topological polar surface area (TPSA) is 55.6 Å². The lowest BCUT2D eigenvalue weighted by Gasteiger charge is -2.12. The second-order valence-corrected chi connectivity index (χ2v) is 4.66. The molecule has 1 aliphatic heterocycles. The Bertz CT molecular complexity index is 380. The molecule has 4 nitrogen and oxygen atoms in total. The first-order valence-electron chi connectivity index (χ1n) is 5.09. The zero-order valence-electron chi connectivity index (χ0n) is 8.73. The number of carbonyl (C=O) groups is 1. The third-order valence-corrected chi connectivity index (χ3v) is 3.03. The highest BCUT2D eigenvalue weighted by Crippen LogP contribution is 2.16. The molecule has 0 spiro atoms. The number of nitrogens with zero attached hydrogens (tertiary/aromatic N) is 1. The van der Waals surface area contributed by atoms with Crippen molar-refractivity contribution in [2.24, 2.45) is 5.73 Å². The maximum Gasteiger partial charge on any atom is 0.410 e. The van der Waals surface area contributed by atoms with Gasteiger partial charge in [-0.3, -0.25) is 0 Å². The molecule has 1 amide bonds. The highest BCUT2D eigenvalue weighted by atomic mass is 79.9. The standard InChI is InChI=1S/C11H13BrN2O2/c12-9-3-1-8(2-4-9)6-14-7-10(5-13)16-11(14)15/h1-4,10H,5-7,13H2. The van der Waals surface area contributed by atoms with Gasteiger partial charge in [0.05, 0.1) is 6.54 Å². The summed E-state index contributed by atoms with van der Waals surface area (Å²) >= 11 is 3.37. The van der Waals surface area contributed by atoms with Crippen LogP contribution in [0.4, 0.5) is 4.79 Å². The minimum atomic E-state index is -0.279. The molecule has 1 aliphatic rings. The zero-order valence-corrected chi connectivity index (χ0v) is 10.3. The van der Waals surface area contributed by atoms with E-state index in [4.69, 9.17) is 10.5 Å². The number of halogens is 1. The number of rotatable bonds is 3. The SMILES string of the molecule is NCC1CN(Cc2ccc(Br)cc2)C(=O)O1. The molecule has 1 aromatic rings. The lowest BCUT2D eigenvalue weighted by molar-refractivity contribution is 0.134. The Morgan fingerprint density at radius 3 is 2.69 bits per heavy atom. The summed E-state index contributed by atoms with van der Waals surface area (Å²) in [7, 11) is 0. The van der Waals surface area contributed by atoms with Crippen LogP contribution in [0.2, 0.25) is 0 Å². The van der Waals surface area contributed by atoms with Crippen LogP contribution in [0.5, 0.6) is 0 Å². The van der Waals surface area contributed by atoms with Crippen LogP contribution in [0.15, 0.2) is 28.7 Å². The summed E-state index contributed by atoms with van der Waals surface area (Å²) in [4.78, 5) is 13.1. The van der Waals surface area contributed by atoms with Gasteiger partial charge in [-0.1, -0.05) is 28.1 Å². The predicted molar refractivity (Wildman–Crippen MR) is 63.9 cm³/mol. The van der Waals surface area contributed by atoms with E-state index in [1.54, 1.807) is 4.90 Å². The van der Waals surface area contributed by atoms with Gasteiger partial charge in [-0.05, 0) is 17.7 Å². The Morgan fingerprint density at radius 2 is 2.12 bits per heavy atom. The molecule has 1 aromatic carbocycles. The van der Waals surface area contributed by atoms with E-state index in [1.165, 1.54) is 0 Å². The van der Waals surface area contributed by atoms with Gasteiger partial charge in [-0.15, -0.1) is 0 Å². The highest BCUT2D eigenvalue weighted by Gasteiger charge is 2.29. The summed E-state index contributed by atoms with van der Waals surface area (Å²) < 4.78 is 6.10. The number of benzene rings is 1. The summed E-state index contributed by atoms with van der Waals surface area (Å²) in [6, 6.07) is 7.87. The van der Waals surface area contributed by atoms with E-state index in [-0.39, 0.29) is 12.2 Å². The molecule has 0 aliphatic carbocycles. The van der Waals surface area contributed by atoms with Crippen molar-refractivity contribution in [2.75, 3.05) is 13.1 Å². The Labute approximate surface area is 102 Å². The monoisotopic (exact) mass is 284 g/mol. The Kier molecular flexibility index (Phi) is 3.46. The lowest BCUT2D eigenvalue weighted by Crippen LogP contribution is -2.27. The van der Waals surface area contributed by atoms with Gasteiger partial charge < -0.3 is 15.4 Å². The maximum absolute atomic E-state index is 11.5. The lowest BCUT2D eigenvalue weighted by atomic mass is 10.2. The Balaban J connectivity index is 2.00. The molecule has 5 heteroatoms. The first-order chi connectivity index (χ1) is 7.69. The quantitative estimate of drug-likeness (QED) is 0.920. The van der Waals surface area contributed by atoms with E-state index < -0.39 is 0 Å². The maximum atomic E-state index is 11.5. The van der Waals surface area contributed by atoms with E-state index >= 15 is 0 Å². The molecule has 1 saturated heterocycles. The van der Waals surface area contributed by atoms with Crippen LogP contribution >= 0.6 is 15.9 Å². The van der Waals surface area contributed by atoms with E-state index in [1.807, 2.05) is 24.3 Å². The third-order valence-electron chi connectivity index (χ3n) is 2.50. The normalized spacial score (nSPS) is 20.0. The van der Waals surface area contributed by atoms with Gasteiger partial charge in [0.15, 0.2) is 0 Å². The van der Waals surface area contributed by atoms with E-state index in [0.29, 0.717) is 19.6 Å². The fourth-order valence-corrected chi connectivity index (χ4v) is 1.90. The van der Waals surface area contributed by atoms with Crippen molar-refractivity contribution in [1.82, 2.24) is 4.90 Å². The minimum Gasteiger partial charge on any atom is -0.443 e. The molecular formula is C11H13BrN2O2. The zero-order chi connectivity index (χ0) is 11.5. The van der Waals surface area contributed by atoms with Crippen molar-refractivity contribution >= 4 is 22.0 Å². The number of carbonyl (C=O) groups excluding carboxylic acids is 1. The predicted octanol–water partition coefficient (Wildman–Crippen LogP) is 1.73. The summed E-state index contributed by atoms with van der Waals surface area (Å²) in [6.07, 6.45) is -0.443. The van der Waals surface area contributed by atoms with Crippen LogP contribution in [0, 0.1) is 0 Å². The van der Waals surface area contributed by atoms with Gasteiger partial charge in [-0.2, -0.15) is 0 Å². The van der Waals surface area contributed by atoms with Crippen molar-refractivity contribution in [3.63, 3.8) is 0 Å². The van der Waals surface area contributed by atoms with E-state index in [2.05, 4.69) is 15.9 Å². The van der Waals surface area contributed by atoms with Crippen LogP contribution in [0.1, 0.15) is 5.56 Å². The number of nitrogens with two attached hydrogens (primary N) is 1. The molecule has 2 N–H and O–H groups in total. The first kappa shape index (κ1) is 11.4. The number of hydrogen-bond acceptors (Lipinski definition) is 3. The second kappa shape index (κ2) is 4.84. The van der Waals surface area contributed by atoms with Crippen LogP contribution in [0.25, 0.3) is 0 Å². The molecule has 2 rings (SSSR count). The number of hydrogen-bond donors (Lipinski definition) is 1. The smallest absolute Gasteiger partial charge is 0.410 e. The van der Waals surface area contributed by atoms with Gasteiger partial charge in [0.2, 0.25) is 0 Å². The largest absolute Gasteiger partial charge is 0.443 e. The minimum absolute atomic E-state index is 0.164. The third kappa shape index (κ3) is 2.54. The van der Waals surface area contributed by atoms with Gasteiger partial charge in [0.25, 0.3) is 0 Å². The molecule has 0 bridgehead atoms. The summed E-state index contributed by atoms with van der Waals surface area (Å²) in [6.45, 7) is 1.52. The number of ether oxygens (including phenoxy) is 1. The van der Waals surface area contributed by atoms with Crippen molar-refractivity contribution in [1.29, 1.82) is 0 Å². The number of cyclic esters (lactones) is 1. The average molecular weight is 285 g/mol. The molecule has 0 radical (unpaired) electrons. The van der Waals surface area contributed by atoms with Crippen LogP contribution in [0.3, 0.4) is 0 Å². The van der Waals surface area contributed by atoms with Gasteiger partial charge in [0, 0.05) is 17.6 Å². The average Bonchev–Trinajstić information content (AvgIpc) is 2.63. The van der Waals surface area contributed by atoms with Gasteiger partial charge in [0.1, 0.15) is 6.10 Å². The molecule has 16 heavy (non-hydrogen) atoms. The first-order valence-corrected chi connectivity index (χ1v) is 5.88. The van der Waals surface area contributed by atoms with Crippen molar-refractivity contribution in [2.45, 2.75) is 12.6 Å². The molecule has 0 saturated carbocycles. The fourth-order valence-electron chi connectivity index (χ4n) is 1.64. The van der Waals surface area contributed by atoms with E-state index in [0.717, 1.165) is 10.0 Å². The van der Waals surface area contributed by atoms with Crippen molar-refractivity contribution in [3.8, 4) is 0 Å². The summed E-state index contributed by atoms with van der Waals surface area (Å²) in [5, 5.41) is 0. The molecule has 1 heterocycles. The molecule has 1 fully saturated rings. The summed E-state index contributed by atoms with van der Waals surface area (Å²) in [5.74, 6) is 0. The van der Waals surface area contributed by atoms with E-state index in [9.17, 15) is 4.79 Å². The van der Waals surface area contributed by atoms with Gasteiger partial charge >= 0.3 is 6.09 Å². The Morgan fingerprint density at radius 1 is 1.44 bits per heavy atom. The molecule has 1 unspecified atom stereocenters. The number of amides is 1. The second-order valence-electron chi connectivity index (χ2n) is 3.75. The van der Waals surface area contributed by atoms with Gasteiger partial charge in [-0.25, -0.2) is 4.79 Å². The molecule has 1 atom stereocenters. The molecular weight excluding hydrogens is 272 g/mol. The van der Waals surface area contributed by atoms with Crippen LogP contribution < -0.4 is 5.73 Å². The van der Waals surface area contributed by atoms with Crippen molar-refractivity contribution < 1.29 is 9.53 Å². The summed E-state index contributed by atoms with van der Waals surface area (Å²) in [5.41, 5.74) is 6.54. The Hall–Kier alpha value is -1.07. The van der Waals surface area contributed by atoms with Crippen LogP contribution in [-0.4, -0.2) is 30.2 Å². The molecule has 0 aromatic heterocycles. The fraction of sp³-hybridized carbons (Fsp3) is 0.364. The van der Waals surface area contributed by atoms with Crippen LogP contribution in [-0.2, 0) is 11.3 Å². The van der Waals surface area contributed by atoms with Crippen molar-refractivity contribution in [3.05, 3.63) is 34.3 Å². The molecule has 86 valence electrons. The highest BCUT2D eigenvalue weighted by molar-refractivity contribution is 9.10.